The minimum atomic E-state index is -0.131. The molecule has 20 heavy (non-hydrogen) atoms. The van der Waals surface area contributed by atoms with E-state index in [0.29, 0.717) is 15.5 Å². The third-order valence-corrected chi connectivity index (χ3v) is 4.25. The molecule has 0 N–H and O–H groups in total. The zero-order valence-corrected chi connectivity index (χ0v) is 13.8. The van der Waals surface area contributed by atoms with E-state index in [1.807, 2.05) is 30.3 Å². The van der Waals surface area contributed by atoms with Gasteiger partial charge in [0.1, 0.15) is 11.3 Å². The number of halogens is 2. The molecule has 5 heteroatoms. The van der Waals surface area contributed by atoms with Crippen molar-refractivity contribution in [2.24, 2.45) is 0 Å². The largest absolute Gasteiger partial charge is 0.373 e. The van der Waals surface area contributed by atoms with Crippen molar-refractivity contribution >= 4 is 27.5 Å². The molecule has 0 bridgehead atoms. The van der Waals surface area contributed by atoms with E-state index in [2.05, 4.69) is 32.8 Å². The molecule has 0 amide bonds. The molecule has 0 radical (unpaired) electrons. The molecule has 0 aliphatic heterocycles. The van der Waals surface area contributed by atoms with Gasteiger partial charge in [-0.25, -0.2) is 9.97 Å². The van der Waals surface area contributed by atoms with Crippen molar-refractivity contribution in [1.29, 1.82) is 0 Å². The van der Waals surface area contributed by atoms with Gasteiger partial charge < -0.3 is 4.74 Å². The van der Waals surface area contributed by atoms with E-state index >= 15 is 0 Å². The molecule has 3 nitrogen and oxygen atoms in total. The van der Waals surface area contributed by atoms with E-state index < -0.39 is 0 Å². The molecule has 1 atom stereocenters. The van der Waals surface area contributed by atoms with E-state index in [1.54, 1.807) is 7.11 Å². The van der Waals surface area contributed by atoms with E-state index in [1.165, 1.54) is 0 Å². The quantitative estimate of drug-likeness (QED) is 0.704. The van der Waals surface area contributed by atoms with Crippen LogP contribution in [0, 0.1) is 0 Å². The van der Waals surface area contributed by atoms with E-state index in [-0.39, 0.29) is 6.10 Å². The summed E-state index contributed by atoms with van der Waals surface area (Å²) in [4.78, 5) is 8.96. The first kappa shape index (κ1) is 15.4. The van der Waals surface area contributed by atoms with E-state index in [4.69, 9.17) is 16.3 Å². The zero-order chi connectivity index (χ0) is 14.5. The second kappa shape index (κ2) is 7.16. The highest BCUT2D eigenvalue weighted by molar-refractivity contribution is 9.10. The maximum atomic E-state index is 6.22. The summed E-state index contributed by atoms with van der Waals surface area (Å²) in [5.74, 6) is 0.626. The van der Waals surface area contributed by atoms with Crippen LogP contribution in [-0.4, -0.2) is 17.1 Å². The molecule has 0 fully saturated rings. The van der Waals surface area contributed by atoms with E-state index in [9.17, 15) is 0 Å². The first-order chi connectivity index (χ1) is 9.67. The summed E-state index contributed by atoms with van der Waals surface area (Å²) >= 11 is 9.68. The van der Waals surface area contributed by atoms with Crippen molar-refractivity contribution in [2.45, 2.75) is 25.9 Å². The minimum Gasteiger partial charge on any atom is -0.373 e. The summed E-state index contributed by atoms with van der Waals surface area (Å²) in [5.41, 5.74) is 1.79. The molecule has 2 rings (SSSR count). The summed E-state index contributed by atoms with van der Waals surface area (Å²) < 4.78 is 6.17. The molecule has 1 unspecified atom stereocenters. The lowest BCUT2D eigenvalue weighted by atomic mass is 10.1. The maximum absolute atomic E-state index is 6.22. The van der Waals surface area contributed by atoms with Crippen LogP contribution >= 0.6 is 27.5 Å². The molecule has 0 aliphatic carbocycles. The Morgan fingerprint density at radius 3 is 2.55 bits per heavy atom. The first-order valence-corrected chi connectivity index (χ1v) is 7.65. The van der Waals surface area contributed by atoms with Gasteiger partial charge in [0.15, 0.2) is 5.82 Å². The predicted molar refractivity (Wildman–Crippen MR) is 84.8 cm³/mol. The highest BCUT2D eigenvalue weighted by Crippen LogP contribution is 2.33. The molecule has 0 aliphatic rings. The Bertz CT molecular complexity index is 578. The third kappa shape index (κ3) is 3.37. The van der Waals surface area contributed by atoms with Gasteiger partial charge in [-0.3, -0.25) is 0 Å². The summed E-state index contributed by atoms with van der Waals surface area (Å²) in [6.07, 6.45) is 1.73. The Kier molecular flexibility index (Phi) is 5.52. The van der Waals surface area contributed by atoms with Gasteiger partial charge in [-0.1, -0.05) is 55.3 Å². The monoisotopic (exact) mass is 354 g/mol. The topological polar surface area (TPSA) is 35.0 Å². The van der Waals surface area contributed by atoms with Crippen molar-refractivity contribution in [3.05, 3.63) is 45.8 Å². The lowest BCUT2D eigenvalue weighted by molar-refractivity contribution is 0.0877. The van der Waals surface area contributed by atoms with Crippen LogP contribution in [0.25, 0.3) is 11.3 Å². The summed E-state index contributed by atoms with van der Waals surface area (Å²) in [7, 11) is 1.67. The lowest BCUT2D eigenvalue weighted by Gasteiger charge is -2.15. The minimum absolute atomic E-state index is 0.131. The number of ether oxygens (including phenoxy) is 1. The molecule has 0 saturated heterocycles. The fourth-order valence-electron chi connectivity index (χ4n) is 1.98. The van der Waals surface area contributed by atoms with Gasteiger partial charge in [-0.15, -0.1) is 0 Å². The van der Waals surface area contributed by atoms with Crippen molar-refractivity contribution in [3.8, 4) is 11.3 Å². The van der Waals surface area contributed by atoms with Crippen molar-refractivity contribution in [2.75, 3.05) is 7.11 Å². The van der Waals surface area contributed by atoms with Crippen LogP contribution in [0.2, 0.25) is 5.15 Å². The molecule has 0 spiro atoms. The van der Waals surface area contributed by atoms with Crippen molar-refractivity contribution < 1.29 is 4.74 Å². The summed E-state index contributed by atoms with van der Waals surface area (Å²) in [6.45, 7) is 2.10. The van der Waals surface area contributed by atoms with Gasteiger partial charge in [-0.2, -0.15) is 0 Å². The van der Waals surface area contributed by atoms with Crippen molar-refractivity contribution in [3.63, 3.8) is 0 Å². The Balaban J connectivity index is 2.50. The number of hydrogen-bond donors (Lipinski definition) is 0. The predicted octanol–water partition coefficient (Wildman–Crippen LogP) is 5.05. The lowest BCUT2D eigenvalue weighted by Crippen LogP contribution is -2.08. The van der Waals surface area contributed by atoms with Crippen LogP contribution in [-0.2, 0) is 4.74 Å². The Morgan fingerprint density at radius 2 is 1.95 bits per heavy atom. The van der Waals surface area contributed by atoms with Gasteiger partial charge >= 0.3 is 0 Å². The number of nitrogens with zero attached hydrogens (tertiary/aromatic N) is 2. The van der Waals surface area contributed by atoms with Crippen LogP contribution in [0.3, 0.4) is 0 Å². The smallest absolute Gasteiger partial charge is 0.159 e. The number of methoxy groups -OCH3 is 1. The third-order valence-electron chi connectivity index (χ3n) is 3.00. The van der Waals surface area contributed by atoms with Crippen molar-refractivity contribution in [1.82, 2.24) is 9.97 Å². The molecule has 1 aromatic carbocycles. The maximum Gasteiger partial charge on any atom is 0.159 e. The number of benzene rings is 1. The molecule has 2 aromatic rings. The fourth-order valence-corrected chi connectivity index (χ4v) is 2.56. The molecule has 1 heterocycles. The van der Waals surface area contributed by atoms with Crippen LogP contribution in [0.5, 0.6) is 0 Å². The highest BCUT2D eigenvalue weighted by atomic mass is 79.9. The van der Waals surface area contributed by atoms with Gasteiger partial charge in [0, 0.05) is 12.7 Å². The standard InChI is InChI=1S/C15H16BrClN2O/c1-3-7-11(20-2)15-18-13(12(16)14(17)19-15)10-8-5-4-6-9-10/h4-6,8-9,11H,3,7H2,1-2H3. The molecular formula is C15H16BrClN2O. The van der Waals surface area contributed by atoms with Crippen LogP contribution in [0.4, 0.5) is 0 Å². The average Bonchev–Trinajstić information content (AvgIpc) is 2.48. The number of rotatable bonds is 5. The fraction of sp³-hybridized carbons (Fsp3) is 0.333. The van der Waals surface area contributed by atoms with Crippen LogP contribution < -0.4 is 0 Å². The highest BCUT2D eigenvalue weighted by Gasteiger charge is 2.18. The zero-order valence-electron chi connectivity index (χ0n) is 11.4. The second-order valence-electron chi connectivity index (χ2n) is 4.41. The second-order valence-corrected chi connectivity index (χ2v) is 5.57. The summed E-state index contributed by atoms with van der Waals surface area (Å²) in [5, 5.41) is 0.409. The Morgan fingerprint density at radius 1 is 1.25 bits per heavy atom. The van der Waals surface area contributed by atoms with Gasteiger partial charge in [0.25, 0.3) is 0 Å². The summed E-state index contributed by atoms with van der Waals surface area (Å²) in [6, 6.07) is 9.90. The van der Waals surface area contributed by atoms with Gasteiger partial charge in [0.2, 0.25) is 0 Å². The first-order valence-electron chi connectivity index (χ1n) is 6.48. The van der Waals surface area contributed by atoms with Crippen LogP contribution in [0.15, 0.2) is 34.8 Å². The van der Waals surface area contributed by atoms with E-state index in [0.717, 1.165) is 24.1 Å². The molecule has 1 aromatic heterocycles. The number of hydrogen-bond acceptors (Lipinski definition) is 3. The normalized spacial score (nSPS) is 12.4. The number of aromatic nitrogens is 2. The average molecular weight is 356 g/mol. The SMILES string of the molecule is CCCC(OC)c1nc(Cl)c(Br)c(-c2ccccc2)n1. The van der Waals surface area contributed by atoms with Crippen LogP contribution in [0.1, 0.15) is 31.7 Å². The Labute approximate surface area is 132 Å². The molecule has 0 saturated carbocycles. The molecular weight excluding hydrogens is 340 g/mol. The molecule has 106 valence electrons. The van der Waals surface area contributed by atoms with Gasteiger partial charge in [0.05, 0.1) is 10.2 Å². The van der Waals surface area contributed by atoms with Gasteiger partial charge in [-0.05, 0) is 22.4 Å². The Hall–Kier alpha value is -0.970.